The molecule has 0 aliphatic carbocycles. The first kappa shape index (κ1) is 18.2. The zero-order valence-electron chi connectivity index (χ0n) is 13.2. The third-order valence-corrected chi connectivity index (χ3v) is 4.85. The first-order chi connectivity index (χ1) is 12.5. The molecule has 0 bridgehead atoms. The Morgan fingerprint density at radius 2 is 2.23 bits per heavy atom. The largest absolute Gasteiger partial charge is 0.465 e. The number of aromatic nitrogens is 1. The summed E-state index contributed by atoms with van der Waals surface area (Å²) in [6.45, 7) is 0. The minimum Gasteiger partial charge on any atom is -0.465 e. The number of nitrogens with one attached hydrogen (secondary N) is 1. The SMILES string of the molecule is N#CC(=Cc1ccco1)C(=O)Nc1ncc(Cc2ccc(Cl)cc2Cl)s1. The van der Waals surface area contributed by atoms with Crippen LogP contribution in [0.5, 0.6) is 0 Å². The summed E-state index contributed by atoms with van der Waals surface area (Å²) in [6.07, 6.45) is 5.06. The monoisotopic (exact) mass is 403 g/mol. The van der Waals surface area contributed by atoms with Crippen molar-refractivity contribution >= 4 is 51.7 Å². The van der Waals surface area contributed by atoms with Gasteiger partial charge in [-0.2, -0.15) is 5.26 Å². The number of hydrogen-bond acceptors (Lipinski definition) is 5. The van der Waals surface area contributed by atoms with Gasteiger partial charge in [0.05, 0.1) is 6.26 Å². The van der Waals surface area contributed by atoms with Crippen molar-refractivity contribution in [3.63, 3.8) is 0 Å². The van der Waals surface area contributed by atoms with Gasteiger partial charge in [-0.1, -0.05) is 29.3 Å². The van der Waals surface area contributed by atoms with Crippen molar-refractivity contribution in [2.45, 2.75) is 6.42 Å². The molecular formula is C18H11Cl2N3O2S. The van der Waals surface area contributed by atoms with Gasteiger partial charge in [0.25, 0.3) is 5.91 Å². The molecule has 0 radical (unpaired) electrons. The van der Waals surface area contributed by atoms with Gasteiger partial charge in [0, 0.05) is 33.6 Å². The fraction of sp³-hybridized carbons (Fsp3) is 0.0556. The minimum atomic E-state index is -0.547. The van der Waals surface area contributed by atoms with E-state index in [4.69, 9.17) is 32.9 Å². The van der Waals surface area contributed by atoms with Gasteiger partial charge in [-0.05, 0) is 29.8 Å². The van der Waals surface area contributed by atoms with E-state index in [9.17, 15) is 4.79 Å². The molecule has 0 aliphatic rings. The van der Waals surface area contributed by atoms with Gasteiger partial charge in [0.1, 0.15) is 17.4 Å². The summed E-state index contributed by atoms with van der Waals surface area (Å²) in [5.41, 5.74) is 0.838. The smallest absolute Gasteiger partial charge is 0.268 e. The molecule has 8 heteroatoms. The van der Waals surface area contributed by atoms with Crippen molar-refractivity contribution in [1.82, 2.24) is 4.98 Å². The fourth-order valence-corrected chi connectivity index (χ4v) is 3.43. The van der Waals surface area contributed by atoms with E-state index in [1.165, 1.54) is 23.7 Å². The molecule has 0 fully saturated rings. The van der Waals surface area contributed by atoms with Crippen molar-refractivity contribution in [2.75, 3.05) is 5.32 Å². The molecule has 0 spiro atoms. The Hall–Kier alpha value is -2.59. The van der Waals surface area contributed by atoms with E-state index in [0.717, 1.165) is 10.4 Å². The molecule has 1 N–H and O–H groups in total. The zero-order chi connectivity index (χ0) is 18.5. The summed E-state index contributed by atoms with van der Waals surface area (Å²) in [7, 11) is 0. The number of amides is 1. The molecule has 2 heterocycles. The van der Waals surface area contributed by atoms with Crippen LogP contribution in [-0.2, 0) is 11.2 Å². The lowest BCUT2D eigenvalue weighted by Gasteiger charge is -2.02. The van der Waals surface area contributed by atoms with Crippen LogP contribution in [0.3, 0.4) is 0 Å². The standard InChI is InChI=1S/C18H11Cl2N3O2S/c19-13-4-3-11(16(20)8-13)7-15-10-22-18(26-15)23-17(24)12(9-21)6-14-2-1-5-25-14/h1-6,8,10H,7H2,(H,22,23,24). The van der Waals surface area contributed by atoms with Gasteiger partial charge in [-0.25, -0.2) is 4.98 Å². The maximum absolute atomic E-state index is 12.2. The fourth-order valence-electron chi connectivity index (χ4n) is 2.13. The van der Waals surface area contributed by atoms with Crippen LogP contribution in [0, 0.1) is 11.3 Å². The summed E-state index contributed by atoms with van der Waals surface area (Å²) in [5.74, 6) is -0.122. The number of hydrogen-bond donors (Lipinski definition) is 1. The number of furan rings is 1. The molecule has 5 nitrogen and oxygen atoms in total. The van der Waals surface area contributed by atoms with Gasteiger partial charge in [-0.3, -0.25) is 10.1 Å². The van der Waals surface area contributed by atoms with E-state index in [1.807, 2.05) is 12.1 Å². The molecule has 0 atom stereocenters. The Kier molecular flexibility index (Phi) is 5.74. The van der Waals surface area contributed by atoms with Crippen LogP contribution in [0.2, 0.25) is 10.0 Å². The van der Waals surface area contributed by atoms with E-state index < -0.39 is 5.91 Å². The van der Waals surface area contributed by atoms with E-state index in [-0.39, 0.29) is 5.57 Å². The molecule has 1 amide bonds. The Labute approximate surface area is 163 Å². The van der Waals surface area contributed by atoms with Crippen molar-refractivity contribution in [3.8, 4) is 6.07 Å². The number of anilines is 1. The second-order valence-corrected chi connectivity index (χ2v) is 7.14. The summed E-state index contributed by atoms with van der Waals surface area (Å²) >= 11 is 13.4. The Balaban J connectivity index is 1.70. The molecule has 3 aromatic rings. The van der Waals surface area contributed by atoms with Gasteiger partial charge >= 0.3 is 0 Å². The first-order valence-electron chi connectivity index (χ1n) is 7.40. The normalized spacial score (nSPS) is 11.2. The molecule has 3 rings (SSSR count). The summed E-state index contributed by atoms with van der Waals surface area (Å²) in [4.78, 5) is 17.3. The molecule has 0 unspecified atom stereocenters. The first-order valence-corrected chi connectivity index (χ1v) is 8.97. The predicted molar refractivity (Wildman–Crippen MR) is 102 cm³/mol. The second kappa shape index (κ2) is 8.19. The summed E-state index contributed by atoms with van der Waals surface area (Å²) in [5, 5.41) is 13.3. The highest BCUT2D eigenvalue weighted by Crippen LogP contribution is 2.27. The summed E-state index contributed by atoms with van der Waals surface area (Å²) < 4.78 is 5.11. The number of halogens is 2. The maximum Gasteiger partial charge on any atom is 0.268 e. The van der Waals surface area contributed by atoms with Crippen LogP contribution >= 0.6 is 34.5 Å². The van der Waals surface area contributed by atoms with E-state index in [2.05, 4.69) is 10.3 Å². The number of carbonyl (C=O) groups excluding carboxylic acids is 1. The topological polar surface area (TPSA) is 78.9 Å². The van der Waals surface area contributed by atoms with Crippen LogP contribution in [0.4, 0.5) is 5.13 Å². The number of benzene rings is 1. The lowest BCUT2D eigenvalue weighted by Crippen LogP contribution is -2.13. The lowest BCUT2D eigenvalue weighted by molar-refractivity contribution is -0.112. The average Bonchev–Trinajstić information content (AvgIpc) is 3.27. The number of thiazole rings is 1. The third-order valence-electron chi connectivity index (χ3n) is 3.35. The van der Waals surface area contributed by atoms with E-state index in [1.54, 1.807) is 30.5 Å². The highest BCUT2D eigenvalue weighted by molar-refractivity contribution is 7.15. The van der Waals surface area contributed by atoms with Crippen LogP contribution in [-0.4, -0.2) is 10.9 Å². The van der Waals surface area contributed by atoms with Gasteiger partial charge in [0.2, 0.25) is 0 Å². The van der Waals surface area contributed by atoms with Gasteiger partial charge < -0.3 is 4.42 Å². The van der Waals surface area contributed by atoms with Gasteiger partial charge in [-0.15, -0.1) is 11.3 Å². The molecule has 1 aromatic carbocycles. The van der Waals surface area contributed by atoms with Crippen LogP contribution < -0.4 is 5.32 Å². The number of nitriles is 1. The average molecular weight is 404 g/mol. The Bertz CT molecular complexity index is 1000. The maximum atomic E-state index is 12.2. The molecule has 0 saturated heterocycles. The van der Waals surface area contributed by atoms with Crippen molar-refractivity contribution < 1.29 is 9.21 Å². The minimum absolute atomic E-state index is 0.0718. The second-order valence-electron chi connectivity index (χ2n) is 5.18. The molecule has 2 aromatic heterocycles. The molecule has 130 valence electrons. The van der Waals surface area contributed by atoms with Crippen LogP contribution in [0.1, 0.15) is 16.2 Å². The van der Waals surface area contributed by atoms with Crippen molar-refractivity contribution in [3.05, 3.63) is 74.6 Å². The highest BCUT2D eigenvalue weighted by Gasteiger charge is 2.13. The Morgan fingerprint density at radius 3 is 2.92 bits per heavy atom. The Morgan fingerprint density at radius 1 is 1.38 bits per heavy atom. The van der Waals surface area contributed by atoms with E-state index in [0.29, 0.717) is 27.4 Å². The molecule has 0 saturated carbocycles. The lowest BCUT2D eigenvalue weighted by atomic mass is 10.1. The molecule has 26 heavy (non-hydrogen) atoms. The molecule has 0 aliphatic heterocycles. The summed E-state index contributed by atoms with van der Waals surface area (Å²) in [6, 6.07) is 10.5. The number of nitrogens with zero attached hydrogens (tertiary/aromatic N) is 2. The number of rotatable bonds is 5. The van der Waals surface area contributed by atoms with Crippen LogP contribution in [0.25, 0.3) is 6.08 Å². The van der Waals surface area contributed by atoms with E-state index >= 15 is 0 Å². The third kappa shape index (κ3) is 4.52. The highest BCUT2D eigenvalue weighted by atomic mass is 35.5. The molecular weight excluding hydrogens is 393 g/mol. The quantitative estimate of drug-likeness (QED) is 0.470. The zero-order valence-corrected chi connectivity index (χ0v) is 15.5. The van der Waals surface area contributed by atoms with Crippen molar-refractivity contribution in [1.29, 1.82) is 5.26 Å². The van der Waals surface area contributed by atoms with Crippen molar-refractivity contribution in [2.24, 2.45) is 0 Å². The number of carbonyl (C=O) groups is 1. The van der Waals surface area contributed by atoms with Gasteiger partial charge in [0.15, 0.2) is 5.13 Å². The van der Waals surface area contributed by atoms with Crippen LogP contribution in [0.15, 0.2) is 52.8 Å². The predicted octanol–water partition coefficient (Wildman–Crippen LogP) is 5.18.